The first kappa shape index (κ1) is 19.6. The van der Waals surface area contributed by atoms with Crippen LogP contribution < -0.4 is 4.90 Å². The van der Waals surface area contributed by atoms with Crippen molar-refractivity contribution in [2.24, 2.45) is 0 Å². The van der Waals surface area contributed by atoms with Crippen LogP contribution in [-0.4, -0.2) is 0 Å². The SMILES string of the molecule is CC#Cc1ccc(-c2ccc(N(C(/C=C\C)=C3/C=CC3)c3ccccc3)cc2)cc1. The molecule has 146 valence electrons. The van der Waals surface area contributed by atoms with Gasteiger partial charge in [0.05, 0.1) is 0 Å². The van der Waals surface area contributed by atoms with Crippen molar-refractivity contribution >= 4 is 11.4 Å². The van der Waals surface area contributed by atoms with Crippen molar-refractivity contribution in [3.05, 3.63) is 120 Å². The van der Waals surface area contributed by atoms with Crippen LogP contribution in [0.3, 0.4) is 0 Å². The molecule has 1 aliphatic rings. The van der Waals surface area contributed by atoms with Gasteiger partial charge in [0.25, 0.3) is 0 Å². The van der Waals surface area contributed by atoms with Gasteiger partial charge in [-0.1, -0.05) is 66.6 Å². The molecule has 30 heavy (non-hydrogen) atoms. The van der Waals surface area contributed by atoms with Gasteiger partial charge in [0.15, 0.2) is 0 Å². The third kappa shape index (κ3) is 4.14. The largest absolute Gasteiger partial charge is 0.310 e. The maximum atomic E-state index is 3.10. The van der Waals surface area contributed by atoms with Crippen molar-refractivity contribution in [1.29, 1.82) is 0 Å². The minimum Gasteiger partial charge on any atom is -0.310 e. The average molecular weight is 388 g/mol. The van der Waals surface area contributed by atoms with Crippen molar-refractivity contribution in [2.45, 2.75) is 20.3 Å². The van der Waals surface area contributed by atoms with Crippen LogP contribution in [-0.2, 0) is 0 Å². The molecule has 0 saturated carbocycles. The predicted molar refractivity (Wildman–Crippen MR) is 129 cm³/mol. The first-order chi connectivity index (χ1) is 14.8. The van der Waals surface area contributed by atoms with Crippen LogP contribution in [0, 0.1) is 11.8 Å². The minimum absolute atomic E-state index is 1.01. The predicted octanol–water partition coefficient (Wildman–Crippen LogP) is 7.65. The highest BCUT2D eigenvalue weighted by Crippen LogP contribution is 2.35. The zero-order valence-corrected chi connectivity index (χ0v) is 17.5. The van der Waals surface area contributed by atoms with Crippen LogP contribution in [0.5, 0.6) is 0 Å². The highest BCUT2D eigenvalue weighted by Gasteiger charge is 2.17. The first-order valence-electron chi connectivity index (χ1n) is 10.3. The summed E-state index contributed by atoms with van der Waals surface area (Å²) in [6, 6.07) is 27.8. The Labute approximate surface area is 179 Å². The summed E-state index contributed by atoms with van der Waals surface area (Å²) in [5, 5.41) is 0. The Morgan fingerprint density at radius 3 is 1.97 bits per heavy atom. The Morgan fingerprint density at radius 1 is 0.833 bits per heavy atom. The van der Waals surface area contributed by atoms with E-state index in [2.05, 4.69) is 127 Å². The lowest BCUT2D eigenvalue weighted by atomic mass is 9.98. The molecule has 4 rings (SSSR count). The first-order valence-corrected chi connectivity index (χ1v) is 10.3. The molecule has 0 amide bonds. The van der Waals surface area contributed by atoms with Crippen LogP contribution in [0.25, 0.3) is 11.1 Å². The second-order valence-electron chi connectivity index (χ2n) is 7.19. The van der Waals surface area contributed by atoms with Crippen molar-refractivity contribution < 1.29 is 0 Å². The topological polar surface area (TPSA) is 3.24 Å². The smallest absolute Gasteiger partial charge is 0.0493 e. The van der Waals surface area contributed by atoms with E-state index in [0.29, 0.717) is 0 Å². The lowest BCUT2D eigenvalue weighted by Gasteiger charge is -2.29. The summed E-state index contributed by atoms with van der Waals surface area (Å²) < 4.78 is 0. The Hall–Kier alpha value is -3.76. The molecule has 1 heteroatoms. The zero-order chi connectivity index (χ0) is 20.8. The Bertz CT molecular complexity index is 1150. The number of hydrogen-bond acceptors (Lipinski definition) is 1. The molecule has 0 aliphatic heterocycles. The second kappa shape index (κ2) is 9.16. The van der Waals surface area contributed by atoms with E-state index in [1.165, 1.54) is 22.4 Å². The summed E-state index contributed by atoms with van der Waals surface area (Å²) in [6.45, 7) is 3.93. The van der Waals surface area contributed by atoms with E-state index < -0.39 is 0 Å². The maximum Gasteiger partial charge on any atom is 0.0493 e. The molecule has 0 bridgehead atoms. The molecule has 0 unspecified atom stereocenters. The number of hydrogen-bond donors (Lipinski definition) is 0. The fourth-order valence-corrected chi connectivity index (χ4v) is 3.61. The highest BCUT2D eigenvalue weighted by atomic mass is 15.1. The number of allylic oxidation sites excluding steroid dienone is 5. The number of para-hydroxylation sites is 1. The molecule has 0 N–H and O–H groups in total. The van der Waals surface area contributed by atoms with Gasteiger partial charge in [0.2, 0.25) is 0 Å². The van der Waals surface area contributed by atoms with Crippen molar-refractivity contribution in [3.63, 3.8) is 0 Å². The fourth-order valence-electron chi connectivity index (χ4n) is 3.61. The quantitative estimate of drug-likeness (QED) is 0.406. The normalized spacial score (nSPS) is 14.1. The van der Waals surface area contributed by atoms with E-state index in [4.69, 9.17) is 0 Å². The van der Waals surface area contributed by atoms with E-state index in [9.17, 15) is 0 Å². The lowest BCUT2D eigenvalue weighted by Crippen LogP contribution is -2.18. The van der Waals surface area contributed by atoms with Crippen LogP contribution >= 0.6 is 0 Å². The van der Waals surface area contributed by atoms with Gasteiger partial charge in [-0.15, -0.1) is 5.92 Å². The molecule has 0 saturated heterocycles. The third-order valence-electron chi connectivity index (χ3n) is 5.18. The maximum absolute atomic E-state index is 3.10. The summed E-state index contributed by atoms with van der Waals surface area (Å²) in [6.07, 6.45) is 9.74. The molecule has 0 radical (unpaired) electrons. The molecular weight excluding hydrogens is 362 g/mol. The Morgan fingerprint density at radius 2 is 1.43 bits per heavy atom. The molecule has 3 aromatic carbocycles. The standard InChI is InChI=1S/C29H25N/c1-3-9-23-15-17-24(18-16-23)25-19-21-28(22-20-25)30(27-13-6-5-7-14-27)29(10-4-2)26-11-8-12-26/h4-8,10-11,13-22H,12H2,1-2H3/b10-4-,29-26-. The van der Waals surface area contributed by atoms with Gasteiger partial charge >= 0.3 is 0 Å². The zero-order valence-electron chi connectivity index (χ0n) is 17.5. The van der Waals surface area contributed by atoms with Crippen LogP contribution in [0.2, 0.25) is 0 Å². The molecule has 0 heterocycles. The Kier molecular flexibility index (Phi) is 5.97. The number of anilines is 2. The summed E-state index contributed by atoms with van der Waals surface area (Å²) in [7, 11) is 0. The van der Waals surface area contributed by atoms with Gasteiger partial charge in [-0.2, -0.15) is 0 Å². The number of benzene rings is 3. The van der Waals surface area contributed by atoms with Gasteiger partial charge in [-0.25, -0.2) is 0 Å². The van der Waals surface area contributed by atoms with Gasteiger partial charge in [0.1, 0.15) is 0 Å². The molecule has 0 fully saturated rings. The Balaban J connectivity index is 1.73. The summed E-state index contributed by atoms with van der Waals surface area (Å²) in [4.78, 5) is 2.34. The van der Waals surface area contributed by atoms with Gasteiger partial charge < -0.3 is 4.90 Å². The monoisotopic (exact) mass is 387 g/mol. The molecular formula is C29H25N. The van der Waals surface area contributed by atoms with E-state index in [0.717, 1.165) is 23.4 Å². The van der Waals surface area contributed by atoms with E-state index >= 15 is 0 Å². The molecule has 0 spiro atoms. The van der Waals surface area contributed by atoms with Crippen LogP contribution in [0.15, 0.2) is 114 Å². The van der Waals surface area contributed by atoms with Gasteiger partial charge in [0, 0.05) is 22.6 Å². The van der Waals surface area contributed by atoms with Gasteiger partial charge in [-0.3, -0.25) is 0 Å². The second-order valence-corrected chi connectivity index (χ2v) is 7.19. The molecule has 3 aromatic rings. The van der Waals surface area contributed by atoms with E-state index in [1.54, 1.807) is 0 Å². The minimum atomic E-state index is 1.01. The van der Waals surface area contributed by atoms with E-state index in [1.807, 2.05) is 6.92 Å². The van der Waals surface area contributed by atoms with E-state index in [-0.39, 0.29) is 0 Å². The molecule has 1 nitrogen and oxygen atoms in total. The van der Waals surface area contributed by atoms with Crippen molar-refractivity contribution in [1.82, 2.24) is 0 Å². The van der Waals surface area contributed by atoms with Crippen molar-refractivity contribution in [2.75, 3.05) is 4.90 Å². The van der Waals surface area contributed by atoms with Gasteiger partial charge in [-0.05, 0) is 79.4 Å². The summed E-state index contributed by atoms with van der Waals surface area (Å²) >= 11 is 0. The number of nitrogens with zero attached hydrogens (tertiary/aromatic N) is 1. The van der Waals surface area contributed by atoms with Crippen molar-refractivity contribution in [3.8, 4) is 23.0 Å². The molecule has 1 aliphatic carbocycles. The van der Waals surface area contributed by atoms with Crippen LogP contribution in [0.4, 0.5) is 11.4 Å². The highest BCUT2D eigenvalue weighted by molar-refractivity contribution is 5.75. The summed E-state index contributed by atoms with van der Waals surface area (Å²) in [5.74, 6) is 6.05. The third-order valence-corrected chi connectivity index (χ3v) is 5.18. The molecule has 0 aromatic heterocycles. The lowest BCUT2D eigenvalue weighted by molar-refractivity contribution is 1.09. The van der Waals surface area contributed by atoms with Crippen LogP contribution in [0.1, 0.15) is 25.8 Å². The fraction of sp³-hybridized carbons (Fsp3) is 0.103. The average Bonchev–Trinajstić information content (AvgIpc) is 2.75. The number of rotatable bonds is 5. The summed E-state index contributed by atoms with van der Waals surface area (Å²) in [5.41, 5.74) is 8.34. The molecule has 0 atom stereocenters.